The van der Waals surface area contributed by atoms with E-state index >= 15 is 0 Å². The van der Waals surface area contributed by atoms with Crippen LogP contribution in [0.3, 0.4) is 0 Å². The Bertz CT molecular complexity index is 237. The van der Waals surface area contributed by atoms with Gasteiger partial charge in [0.05, 0.1) is 5.60 Å². The highest BCUT2D eigenvalue weighted by Gasteiger charge is 2.40. The van der Waals surface area contributed by atoms with Crippen molar-refractivity contribution in [1.29, 1.82) is 0 Å². The predicted octanol–water partition coefficient (Wildman–Crippen LogP) is 2.81. The lowest BCUT2D eigenvalue weighted by atomic mass is 9.94. The number of halogens is 4. The quantitative estimate of drug-likeness (QED) is 0.744. The van der Waals surface area contributed by atoms with Crippen LogP contribution in [0.5, 0.6) is 0 Å². The number of ether oxygens (including phenoxy) is 1. The van der Waals surface area contributed by atoms with Crippen molar-refractivity contribution in [2.75, 3.05) is 26.7 Å². The van der Waals surface area contributed by atoms with E-state index in [0.717, 1.165) is 12.8 Å². The van der Waals surface area contributed by atoms with Crippen LogP contribution in [0.25, 0.3) is 0 Å². The molecule has 0 aromatic carbocycles. The summed E-state index contributed by atoms with van der Waals surface area (Å²) in [6.07, 6.45) is -2.40. The number of piperidine rings is 1. The first-order valence-electron chi connectivity index (χ1n) is 5.25. The minimum atomic E-state index is -4.18. The van der Waals surface area contributed by atoms with E-state index in [1.807, 2.05) is 6.92 Å². The Hall–Kier alpha value is 0.190. The largest absolute Gasteiger partial charge is 0.402 e. The van der Waals surface area contributed by atoms with Gasteiger partial charge in [-0.25, -0.2) is 0 Å². The number of rotatable bonds is 3. The molecule has 1 aliphatic heterocycles. The lowest BCUT2D eigenvalue weighted by Crippen LogP contribution is -2.50. The molecule has 1 fully saturated rings. The summed E-state index contributed by atoms with van der Waals surface area (Å²) >= 11 is 2.69. The fourth-order valence-electron chi connectivity index (χ4n) is 1.96. The van der Waals surface area contributed by atoms with Gasteiger partial charge in [0, 0.05) is 20.2 Å². The molecule has 1 heterocycles. The van der Waals surface area contributed by atoms with Gasteiger partial charge in [0.1, 0.15) is 4.83 Å². The first-order chi connectivity index (χ1) is 7.27. The summed E-state index contributed by atoms with van der Waals surface area (Å²) in [5.41, 5.74) is -0.309. The molecule has 2 atom stereocenters. The molecular weight excluding hydrogens is 287 g/mol. The van der Waals surface area contributed by atoms with E-state index in [1.165, 1.54) is 0 Å². The Morgan fingerprint density at radius 3 is 2.62 bits per heavy atom. The lowest BCUT2D eigenvalue weighted by molar-refractivity contribution is -0.134. The van der Waals surface area contributed by atoms with Gasteiger partial charge in [-0.15, -0.1) is 0 Å². The van der Waals surface area contributed by atoms with Crippen LogP contribution in [-0.4, -0.2) is 48.2 Å². The van der Waals surface area contributed by atoms with E-state index in [4.69, 9.17) is 4.74 Å². The summed E-state index contributed by atoms with van der Waals surface area (Å²) in [6.45, 7) is 3.19. The third-order valence-corrected chi connectivity index (χ3v) is 3.81. The van der Waals surface area contributed by atoms with E-state index in [-0.39, 0.29) is 12.1 Å². The van der Waals surface area contributed by atoms with Crippen molar-refractivity contribution in [3.8, 4) is 0 Å². The molecule has 1 rings (SSSR count). The summed E-state index contributed by atoms with van der Waals surface area (Å²) < 4.78 is 42.5. The second kappa shape index (κ2) is 5.23. The SMILES string of the molecule is COC1(C)CCCN(CC(Br)C(F)(F)F)C1. The van der Waals surface area contributed by atoms with Crippen molar-refractivity contribution in [3.63, 3.8) is 0 Å². The average molecular weight is 304 g/mol. The van der Waals surface area contributed by atoms with Gasteiger partial charge in [-0.2, -0.15) is 13.2 Å². The summed E-state index contributed by atoms with van der Waals surface area (Å²) in [5.74, 6) is 0. The summed E-state index contributed by atoms with van der Waals surface area (Å²) in [5, 5.41) is 0. The van der Waals surface area contributed by atoms with Crippen molar-refractivity contribution < 1.29 is 17.9 Å². The van der Waals surface area contributed by atoms with Gasteiger partial charge in [0.15, 0.2) is 0 Å². The fraction of sp³-hybridized carbons (Fsp3) is 1.00. The van der Waals surface area contributed by atoms with Gasteiger partial charge in [-0.1, -0.05) is 15.9 Å². The van der Waals surface area contributed by atoms with Crippen LogP contribution in [0, 0.1) is 0 Å². The first-order valence-corrected chi connectivity index (χ1v) is 6.17. The van der Waals surface area contributed by atoms with Gasteiger partial charge in [0.2, 0.25) is 0 Å². The van der Waals surface area contributed by atoms with E-state index < -0.39 is 11.0 Å². The zero-order valence-corrected chi connectivity index (χ0v) is 11.1. The molecular formula is C10H17BrF3NO. The molecule has 0 spiro atoms. The molecule has 0 radical (unpaired) electrons. The summed E-state index contributed by atoms with van der Waals surface area (Å²) in [6, 6.07) is 0. The minimum Gasteiger partial charge on any atom is -0.377 e. The minimum absolute atomic E-state index is 0.0115. The molecule has 0 aromatic heterocycles. The Balaban J connectivity index is 2.49. The van der Waals surface area contributed by atoms with Gasteiger partial charge in [-0.3, -0.25) is 4.90 Å². The van der Waals surface area contributed by atoms with Crippen LogP contribution < -0.4 is 0 Å². The molecule has 1 saturated heterocycles. The molecule has 96 valence electrons. The van der Waals surface area contributed by atoms with Gasteiger partial charge in [-0.05, 0) is 26.3 Å². The normalized spacial score (nSPS) is 30.4. The second-order valence-corrected chi connectivity index (χ2v) is 5.61. The number of hydrogen-bond donors (Lipinski definition) is 0. The van der Waals surface area contributed by atoms with E-state index in [9.17, 15) is 13.2 Å². The highest BCUT2D eigenvalue weighted by Crippen LogP contribution is 2.30. The molecule has 2 nitrogen and oxygen atoms in total. The van der Waals surface area contributed by atoms with Gasteiger partial charge < -0.3 is 4.74 Å². The van der Waals surface area contributed by atoms with E-state index in [2.05, 4.69) is 15.9 Å². The molecule has 6 heteroatoms. The van der Waals surface area contributed by atoms with Crippen LogP contribution in [0.1, 0.15) is 19.8 Å². The number of likely N-dealkylation sites (tertiary alicyclic amines) is 1. The van der Waals surface area contributed by atoms with Crippen molar-refractivity contribution in [2.24, 2.45) is 0 Å². The number of methoxy groups -OCH3 is 1. The van der Waals surface area contributed by atoms with Crippen LogP contribution in [-0.2, 0) is 4.74 Å². The van der Waals surface area contributed by atoms with Crippen molar-refractivity contribution in [2.45, 2.75) is 36.4 Å². The maximum absolute atomic E-state index is 12.4. The van der Waals surface area contributed by atoms with Crippen LogP contribution in [0.4, 0.5) is 13.2 Å². The van der Waals surface area contributed by atoms with Crippen molar-refractivity contribution >= 4 is 15.9 Å². The third kappa shape index (κ3) is 3.89. The smallest absolute Gasteiger partial charge is 0.377 e. The van der Waals surface area contributed by atoms with Gasteiger partial charge >= 0.3 is 6.18 Å². The molecule has 0 saturated carbocycles. The molecule has 0 N–H and O–H groups in total. The van der Waals surface area contributed by atoms with Crippen LogP contribution in [0.15, 0.2) is 0 Å². The third-order valence-electron chi connectivity index (χ3n) is 3.00. The van der Waals surface area contributed by atoms with Gasteiger partial charge in [0.25, 0.3) is 0 Å². The Morgan fingerprint density at radius 1 is 1.50 bits per heavy atom. The van der Waals surface area contributed by atoms with E-state index in [0.29, 0.717) is 13.1 Å². The second-order valence-electron chi connectivity index (χ2n) is 4.50. The van der Waals surface area contributed by atoms with E-state index in [1.54, 1.807) is 12.0 Å². The highest BCUT2D eigenvalue weighted by molar-refractivity contribution is 9.09. The highest BCUT2D eigenvalue weighted by atomic mass is 79.9. The van der Waals surface area contributed by atoms with Crippen molar-refractivity contribution in [1.82, 2.24) is 4.90 Å². The lowest BCUT2D eigenvalue weighted by Gasteiger charge is -2.40. The maximum Gasteiger partial charge on any atom is 0.402 e. The van der Waals surface area contributed by atoms with Crippen molar-refractivity contribution in [3.05, 3.63) is 0 Å². The zero-order valence-electron chi connectivity index (χ0n) is 9.48. The zero-order chi connectivity index (χ0) is 12.4. The average Bonchev–Trinajstić information content (AvgIpc) is 2.16. The molecule has 0 aliphatic carbocycles. The van der Waals surface area contributed by atoms with Crippen LogP contribution in [0.2, 0.25) is 0 Å². The fourth-order valence-corrected chi connectivity index (χ4v) is 2.37. The molecule has 0 amide bonds. The molecule has 2 unspecified atom stereocenters. The molecule has 0 aromatic rings. The predicted molar refractivity (Wildman–Crippen MR) is 59.9 cm³/mol. The Morgan fingerprint density at radius 2 is 2.12 bits per heavy atom. The Kier molecular flexibility index (Phi) is 4.66. The summed E-state index contributed by atoms with van der Waals surface area (Å²) in [4.78, 5) is 0.346. The molecule has 1 aliphatic rings. The monoisotopic (exact) mass is 303 g/mol. The Labute approximate surface area is 102 Å². The topological polar surface area (TPSA) is 12.5 Å². The standard InChI is InChI=1S/C10H17BrF3NO/c1-9(16-2)4-3-5-15(7-9)6-8(11)10(12,13)14/h8H,3-7H2,1-2H3. The molecule has 0 bridgehead atoms. The first kappa shape index (κ1) is 14.3. The van der Waals surface area contributed by atoms with Crippen LogP contribution >= 0.6 is 15.9 Å². The number of alkyl halides is 4. The maximum atomic E-state index is 12.4. The number of nitrogens with zero attached hydrogens (tertiary/aromatic N) is 1. The molecule has 16 heavy (non-hydrogen) atoms. The summed E-state index contributed by atoms with van der Waals surface area (Å²) in [7, 11) is 1.61. The number of hydrogen-bond acceptors (Lipinski definition) is 2.